The van der Waals surface area contributed by atoms with Crippen molar-refractivity contribution >= 4 is 35.0 Å². The normalized spacial score (nSPS) is 10.5. The van der Waals surface area contributed by atoms with Crippen molar-refractivity contribution in [2.45, 2.75) is 11.4 Å². The van der Waals surface area contributed by atoms with Gasteiger partial charge >= 0.3 is 0 Å². The van der Waals surface area contributed by atoms with E-state index in [2.05, 4.69) is 15.2 Å². The molecule has 0 amide bonds. The van der Waals surface area contributed by atoms with Gasteiger partial charge in [0.1, 0.15) is 5.03 Å². The summed E-state index contributed by atoms with van der Waals surface area (Å²) in [6, 6.07) is 0. The van der Waals surface area contributed by atoms with Crippen molar-refractivity contribution in [3.63, 3.8) is 0 Å². The van der Waals surface area contributed by atoms with Crippen LogP contribution in [0.1, 0.15) is 6.42 Å². The van der Waals surface area contributed by atoms with Crippen LogP contribution in [-0.4, -0.2) is 34.7 Å². The van der Waals surface area contributed by atoms with Crippen LogP contribution >= 0.6 is 35.0 Å². The molecule has 0 aliphatic carbocycles. The zero-order valence-electron chi connectivity index (χ0n) is 7.54. The minimum Gasteiger partial charge on any atom is -0.385 e. The highest BCUT2D eigenvalue weighted by Crippen LogP contribution is 2.23. The number of ether oxygens (including phenoxy) is 1. The third-order valence-corrected chi connectivity index (χ3v) is 2.90. The largest absolute Gasteiger partial charge is 0.385 e. The smallest absolute Gasteiger partial charge is 0.244 e. The summed E-state index contributed by atoms with van der Waals surface area (Å²) < 4.78 is 4.91. The summed E-state index contributed by atoms with van der Waals surface area (Å²) >= 11 is 12.8. The van der Waals surface area contributed by atoms with E-state index in [4.69, 9.17) is 27.9 Å². The Morgan fingerprint density at radius 2 is 2.14 bits per heavy atom. The molecule has 78 valence electrons. The van der Waals surface area contributed by atoms with Crippen LogP contribution < -0.4 is 0 Å². The molecular weight excluding hydrogens is 245 g/mol. The standard InChI is InChI=1S/C7H9Cl2N3OS/c1-13-3-2-4-14-6-5(8)11-12-7(9)10-6/h2-4H2,1H3. The van der Waals surface area contributed by atoms with E-state index >= 15 is 0 Å². The summed E-state index contributed by atoms with van der Waals surface area (Å²) in [7, 11) is 1.67. The maximum atomic E-state index is 5.76. The Balaban J connectivity index is 2.45. The Bertz CT molecular complexity index is 300. The average molecular weight is 254 g/mol. The zero-order chi connectivity index (χ0) is 10.4. The first-order valence-electron chi connectivity index (χ1n) is 3.91. The van der Waals surface area contributed by atoms with Crippen molar-refractivity contribution in [1.29, 1.82) is 0 Å². The Morgan fingerprint density at radius 3 is 2.86 bits per heavy atom. The molecular formula is C7H9Cl2N3OS. The Labute approximate surface area is 96.4 Å². The molecule has 4 nitrogen and oxygen atoms in total. The van der Waals surface area contributed by atoms with Gasteiger partial charge in [0, 0.05) is 19.5 Å². The predicted molar refractivity (Wildman–Crippen MR) is 57.1 cm³/mol. The minimum atomic E-state index is 0.114. The summed E-state index contributed by atoms with van der Waals surface area (Å²) in [5.74, 6) is 0.864. The molecule has 1 aromatic rings. The van der Waals surface area contributed by atoms with E-state index in [1.165, 1.54) is 11.8 Å². The molecule has 0 fully saturated rings. The molecule has 0 aromatic carbocycles. The lowest BCUT2D eigenvalue weighted by molar-refractivity contribution is 0.200. The second kappa shape index (κ2) is 6.40. The van der Waals surface area contributed by atoms with E-state index < -0.39 is 0 Å². The van der Waals surface area contributed by atoms with Crippen LogP contribution in [0.3, 0.4) is 0 Å². The van der Waals surface area contributed by atoms with Gasteiger partial charge in [-0.2, -0.15) is 0 Å². The highest BCUT2D eigenvalue weighted by Gasteiger charge is 2.05. The van der Waals surface area contributed by atoms with Crippen molar-refractivity contribution in [3.05, 3.63) is 10.4 Å². The number of nitrogens with zero attached hydrogens (tertiary/aromatic N) is 3. The lowest BCUT2D eigenvalue weighted by Gasteiger charge is -2.01. The first kappa shape index (κ1) is 12.0. The van der Waals surface area contributed by atoms with Crippen LogP contribution in [0.25, 0.3) is 0 Å². The fourth-order valence-corrected chi connectivity index (χ4v) is 1.93. The van der Waals surface area contributed by atoms with Crippen molar-refractivity contribution < 1.29 is 4.74 Å². The summed E-state index contributed by atoms with van der Waals surface area (Å²) in [6.45, 7) is 0.719. The quantitative estimate of drug-likeness (QED) is 0.596. The lowest BCUT2D eigenvalue weighted by atomic mass is 10.5. The molecule has 0 aliphatic rings. The second-order valence-electron chi connectivity index (χ2n) is 2.37. The molecule has 0 saturated carbocycles. The molecule has 0 N–H and O–H groups in total. The van der Waals surface area contributed by atoms with E-state index in [1.54, 1.807) is 7.11 Å². The predicted octanol–water partition coefficient (Wildman–Crippen LogP) is 2.31. The molecule has 0 bridgehead atoms. The zero-order valence-corrected chi connectivity index (χ0v) is 9.86. The molecule has 1 aromatic heterocycles. The Morgan fingerprint density at radius 1 is 1.36 bits per heavy atom. The van der Waals surface area contributed by atoms with Gasteiger partial charge in [0.2, 0.25) is 5.28 Å². The number of hydrogen-bond donors (Lipinski definition) is 0. The minimum absolute atomic E-state index is 0.114. The van der Waals surface area contributed by atoms with Crippen LogP contribution in [0.5, 0.6) is 0 Å². The molecule has 7 heteroatoms. The first-order valence-corrected chi connectivity index (χ1v) is 5.65. The van der Waals surface area contributed by atoms with E-state index in [0.29, 0.717) is 5.03 Å². The number of hydrogen-bond acceptors (Lipinski definition) is 5. The van der Waals surface area contributed by atoms with Gasteiger partial charge in [-0.15, -0.1) is 22.0 Å². The van der Waals surface area contributed by atoms with Crippen LogP contribution in [0.4, 0.5) is 0 Å². The highest BCUT2D eigenvalue weighted by atomic mass is 35.5. The fraction of sp³-hybridized carbons (Fsp3) is 0.571. The molecule has 0 aliphatic heterocycles. The molecule has 0 unspecified atom stereocenters. The van der Waals surface area contributed by atoms with Gasteiger partial charge in [0.25, 0.3) is 0 Å². The van der Waals surface area contributed by atoms with Gasteiger partial charge < -0.3 is 4.74 Å². The van der Waals surface area contributed by atoms with Crippen molar-refractivity contribution in [1.82, 2.24) is 15.2 Å². The maximum absolute atomic E-state index is 5.76. The van der Waals surface area contributed by atoms with E-state index in [-0.39, 0.29) is 10.4 Å². The van der Waals surface area contributed by atoms with E-state index in [1.807, 2.05) is 0 Å². The van der Waals surface area contributed by atoms with E-state index in [9.17, 15) is 0 Å². The molecule has 0 atom stereocenters. The third kappa shape index (κ3) is 3.96. The van der Waals surface area contributed by atoms with E-state index in [0.717, 1.165) is 18.8 Å². The SMILES string of the molecule is COCCCSc1nc(Cl)nnc1Cl. The Hall–Kier alpha value is -0.100. The van der Waals surface area contributed by atoms with Gasteiger partial charge in [0.15, 0.2) is 5.15 Å². The highest BCUT2D eigenvalue weighted by molar-refractivity contribution is 7.99. The lowest BCUT2D eigenvalue weighted by Crippen LogP contribution is -1.94. The summed E-state index contributed by atoms with van der Waals surface area (Å²) in [4.78, 5) is 3.95. The second-order valence-corrected chi connectivity index (χ2v) is 4.15. The topological polar surface area (TPSA) is 47.9 Å². The third-order valence-electron chi connectivity index (χ3n) is 1.32. The maximum Gasteiger partial charge on any atom is 0.244 e. The number of halogens is 2. The molecule has 1 heterocycles. The molecule has 0 radical (unpaired) electrons. The van der Waals surface area contributed by atoms with Crippen molar-refractivity contribution in [2.75, 3.05) is 19.5 Å². The Kier molecular flexibility index (Phi) is 5.47. The molecule has 0 spiro atoms. The van der Waals surface area contributed by atoms with Crippen LogP contribution in [0.2, 0.25) is 10.4 Å². The van der Waals surface area contributed by atoms with Gasteiger partial charge in [-0.1, -0.05) is 11.6 Å². The summed E-state index contributed by atoms with van der Waals surface area (Å²) in [5, 5.41) is 8.18. The van der Waals surface area contributed by atoms with Crippen molar-refractivity contribution in [3.8, 4) is 0 Å². The first-order chi connectivity index (χ1) is 6.74. The van der Waals surface area contributed by atoms with Gasteiger partial charge in [0.05, 0.1) is 0 Å². The molecule has 14 heavy (non-hydrogen) atoms. The number of thioether (sulfide) groups is 1. The van der Waals surface area contributed by atoms with Crippen LogP contribution in [0.15, 0.2) is 5.03 Å². The molecule has 1 rings (SSSR count). The summed E-state index contributed by atoms with van der Waals surface area (Å²) in [5.41, 5.74) is 0. The van der Waals surface area contributed by atoms with Gasteiger partial charge in [-0.05, 0) is 18.0 Å². The van der Waals surface area contributed by atoms with Crippen LogP contribution in [0, 0.1) is 0 Å². The number of methoxy groups -OCH3 is 1. The number of aromatic nitrogens is 3. The number of rotatable bonds is 5. The molecule has 0 saturated heterocycles. The van der Waals surface area contributed by atoms with Gasteiger partial charge in [-0.3, -0.25) is 0 Å². The monoisotopic (exact) mass is 253 g/mol. The summed E-state index contributed by atoms with van der Waals surface area (Å²) in [6.07, 6.45) is 0.930. The van der Waals surface area contributed by atoms with Gasteiger partial charge in [-0.25, -0.2) is 4.98 Å². The van der Waals surface area contributed by atoms with Crippen LogP contribution in [-0.2, 0) is 4.74 Å². The average Bonchev–Trinajstić information content (AvgIpc) is 2.18. The fourth-order valence-electron chi connectivity index (χ4n) is 0.744. The van der Waals surface area contributed by atoms with Crippen molar-refractivity contribution in [2.24, 2.45) is 0 Å².